The minimum Gasteiger partial charge on any atom is -0.492 e. The van der Waals surface area contributed by atoms with E-state index in [1.54, 1.807) is 25.4 Å². The first-order valence-corrected chi connectivity index (χ1v) is 12.1. The van der Waals surface area contributed by atoms with Gasteiger partial charge in [0.15, 0.2) is 0 Å². The van der Waals surface area contributed by atoms with Gasteiger partial charge in [0.2, 0.25) is 5.95 Å². The molecule has 2 aromatic heterocycles. The Morgan fingerprint density at radius 3 is 2.86 bits per heavy atom. The number of fused-ring (bicyclic) bond motifs is 1. The van der Waals surface area contributed by atoms with Gasteiger partial charge in [-0.2, -0.15) is 0 Å². The summed E-state index contributed by atoms with van der Waals surface area (Å²) in [6, 6.07) is 14.6. The van der Waals surface area contributed by atoms with Gasteiger partial charge in [0.25, 0.3) is 5.91 Å². The molecule has 1 fully saturated rings. The largest absolute Gasteiger partial charge is 0.492 e. The average Bonchev–Trinajstić information content (AvgIpc) is 3.52. The van der Waals surface area contributed by atoms with Crippen molar-refractivity contribution >= 4 is 40.2 Å². The molecule has 10 heteroatoms. The topological polar surface area (TPSA) is 102 Å². The van der Waals surface area contributed by atoms with Crippen LogP contribution in [0, 0.1) is 5.92 Å². The van der Waals surface area contributed by atoms with Crippen LogP contribution in [0.4, 0.5) is 11.6 Å². The Morgan fingerprint density at radius 2 is 2.06 bits per heavy atom. The SMILES string of the molecule is CNC(=O)c1cc(Oc2ccc3nc(Nc4ccc(Cl)c(OCC5CCNC5)c4)n(C)c3c2)ccn1. The molecule has 4 aromatic rings. The van der Waals surface area contributed by atoms with Crippen molar-refractivity contribution < 1.29 is 14.3 Å². The fourth-order valence-corrected chi connectivity index (χ4v) is 4.27. The Balaban J connectivity index is 1.33. The average molecular weight is 507 g/mol. The van der Waals surface area contributed by atoms with Crippen molar-refractivity contribution in [3.05, 3.63) is 65.4 Å². The van der Waals surface area contributed by atoms with E-state index >= 15 is 0 Å². The highest BCUT2D eigenvalue weighted by molar-refractivity contribution is 6.32. The second kappa shape index (κ2) is 10.4. The van der Waals surface area contributed by atoms with Crippen LogP contribution in [-0.4, -0.2) is 47.2 Å². The molecule has 2 aromatic carbocycles. The van der Waals surface area contributed by atoms with Crippen molar-refractivity contribution in [1.29, 1.82) is 0 Å². The van der Waals surface area contributed by atoms with Crippen LogP contribution in [-0.2, 0) is 7.05 Å². The van der Waals surface area contributed by atoms with Gasteiger partial charge in [-0.05, 0) is 43.3 Å². The van der Waals surface area contributed by atoms with E-state index in [1.165, 1.54) is 0 Å². The number of anilines is 2. The number of ether oxygens (including phenoxy) is 2. The van der Waals surface area contributed by atoms with Crippen molar-refractivity contribution in [3.63, 3.8) is 0 Å². The predicted molar refractivity (Wildman–Crippen MR) is 140 cm³/mol. The number of nitrogens with zero attached hydrogens (tertiary/aromatic N) is 3. The number of halogens is 1. The van der Waals surface area contributed by atoms with Gasteiger partial charge < -0.3 is 30.0 Å². The number of aryl methyl sites for hydroxylation is 1. The van der Waals surface area contributed by atoms with E-state index in [1.807, 2.05) is 48.0 Å². The van der Waals surface area contributed by atoms with Crippen molar-refractivity contribution in [2.75, 3.05) is 32.1 Å². The van der Waals surface area contributed by atoms with Crippen molar-refractivity contribution in [3.8, 4) is 17.2 Å². The van der Waals surface area contributed by atoms with E-state index in [-0.39, 0.29) is 11.6 Å². The monoisotopic (exact) mass is 506 g/mol. The molecular weight excluding hydrogens is 480 g/mol. The normalized spacial score (nSPS) is 15.1. The van der Waals surface area contributed by atoms with Gasteiger partial charge >= 0.3 is 0 Å². The molecule has 0 saturated carbocycles. The van der Waals surface area contributed by atoms with Crippen LogP contribution >= 0.6 is 11.6 Å². The third-order valence-corrected chi connectivity index (χ3v) is 6.42. The number of rotatable bonds is 8. The molecule has 5 rings (SSSR count). The van der Waals surface area contributed by atoms with E-state index in [9.17, 15) is 4.79 Å². The maximum atomic E-state index is 11.9. The van der Waals surface area contributed by atoms with Gasteiger partial charge in [-0.15, -0.1) is 0 Å². The molecule has 3 N–H and O–H groups in total. The fourth-order valence-electron chi connectivity index (χ4n) is 4.09. The Kier molecular flexibility index (Phi) is 6.92. The maximum absolute atomic E-state index is 11.9. The van der Waals surface area contributed by atoms with Crippen molar-refractivity contribution in [2.24, 2.45) is 13.0 Å². The number of carbonyl (C=O) groups is 1. The first-order valence-electron chi connectivity index (χ1n) is 11.7. The Bertz CT molecular complexity index is 1400. The summed E-state index contributed by atoms with van der Waals surface area (Å²) >= 11 is 6.37. The second-order valence-corrected chi connectivity index (χ2v) is 9.05. The van der Waals surface area contributed by atoms with Crippen molar-refractivity contribution in [2.45, 2.75) is 6.42 Å². The summed E-state index contributed by atoms with van der Waals surface area (Å²) in [5.41, 5.74) is 2.81. The van der Waals surface area contributed by atoms with Crippen LogP contribution in [0.2, 0.25) is 5.02 Å². The quantitative estimate of drug-likeness (QED) is 0.323. The zero-order valence-electron chi connectivity index (χ0n) is 20.0. The summed E-state index contributed by atoms with van der Waals surface area (Å²) in [5.74, 6) is 2.68. The Morgan fingerprint density at radius 1 is 1.19 bits per heavy atom. The summed E-state index contributed by atoms with van der Waals surface area (Å²) in [6.45, 7) is 2.63. The molecule has 1 atom stereocenters. The van der Waals surface area contributed by atoms with Crippen LogP contribution in [0.15, 0.2) is 54.7 Å². The summed E-state index contributed by atoms with van der Waals surface area (Å²) in [6.07, 6.45) is 2.65. The molecule has 3 heterocycles. The van der Waals surface area contributed by atoms with Crippen molar-refractivity contribution in [1.82, 2.24) is 25.2 Å². The molecule has 1 amide bonds. The summed E-state index contributed by atoms with van der Waals surface area (Å²) in [5, 5.41) is 9.85. The number of carbonyl (C=O) groups excluding carboxylic acids is 1. The third kappa shape index (κ3) is 5.22. The maximum Gasteiger partial charge on any atom is 0.269 e. The highest BCUT2D eigenvalue weighted by Crippen LogP contribution is 2.32. The minimum atomic E-state index is -0.274. The van der Waals surface area contributed by atoms with Crippen LogP contribution in [0.5, 0.6) is 17.2 Å². The van der Waals surface area contributed by atoms with Crippen LogP contribution in [0.1, 0.15) is 16.9 Å². The van der Waals surface area contributed by atoms with Gasteiger partial charge in [-0.25, -0.2) is 4.98 Å². The molecule has 0 radical (unpaired) electrons. The van der Waals surface area contributed by atoms with Gasteiger partial charge in [-0.1, -0.05) is 11.6 Å². The lowest BCUT2D eigenvalue weighted by atomic mass is 10.1. The summed E-state index contributed by atoms with van der Waals surface area (Å²) in [4.78, 5) is 20.6. The summed E-state index contributed by atoms with van der Waals surface area (Å²) in [7, 11) is 3.49. The number of hydrogen-bond donors (Lipinski definition) is 3. The van der Waals surface area contributed by atoms with E-state index in [0.29, 0.717) is 40.7 Å². The molecule has 1 aliphatic heterocycles. The lowest BCUT2D eigenvalue weighted by molar-refractivity contribution is 0.0958. The number of benzene rings is 2. The molecule has 0 bridgehead atoms. The zero-order valence-corrected chi connectivity index (χ0v) is 20.8. The third-order valence-electron chi connectivity index (χ3n) is 6.10. The van der Waals surface area contributed by atoms with E-state index < -0.39 is 0 Å². The van der Waals surface area contributed by atoms with E-state index in [2.05, 4.69) is 20.9 Å². The van der Waals surface area contributed by atoms with Crippen LogP contribution in [0.3, 0.4) is 0 Å². The van der Waals surface area contributed by atoms with E-state index in [0.717, 1.165) is 36.2 Å². The minimum absolute atomic E-state index is 0.274. The number of aromatic nitrogens is 3. The first kappa shape index (κ1) is 23.9. The molecule has 1 unspecified atom stereocenters. The predicted octanol–water partition coefficient (Wildman–Crippen LogP) is 4.51. The molecule has 9 nitrogen and oxygen atoms in total. The molecule has 1 saturated heterocycles. The standard InChI is InChI=1S/C26H27ClN6O3/c1-28-25(34)22-12-19(8-10-30-22)36-18-4-6-21-23(13-18)33(2)26(32-21)31-17-3-5-20(27)24(11-17)35-15-16-7-9-29-14-16/h3-6,8,10-13,16,29H,7,9,14-15H2,1-2H3,(H,28,34)(H,31,32). The highest BCUT2D eigenvalue weighted by atomic mass is 35.5. The Hall–Kier alpha value is -3.82. The number of pyridine rings is 1. The molecule has 0 spiro atoms. The number of nitrogens with one attached hydrogen (secondary N) is 3. The number of hydrogen-bond acceptors (Lipinski definition) is 7. The Labute approximate surface area is 213 Å². The number of imidazole rings is 1. The molecule has 36 heavy (non-hydrogen) atoms. The van der Waals surface area contributed by atoms with Gasteiger partial charge in [0, 0.05) is 56.6 Å². The van der Waals surface area contributed by atoms with Gasteiger partial charge in [0.1, 0.15) is 22.9 Å². The van der Waals surface area contributed by atoms with Gasteiger partial charge in [0.05, 0.1) is 22.7 Å². The van der Waals surface area contributed by atoms with E-state index in [4.69, 9.17) is 26.1 Å². The number of amides is 1. The lowest BCUT2D eigenvalue weighted by Gasteiger charge is -2.14. The zero-order chi connectivity index (χ0) is 25.1. The fraction of sp³-hybridized carbons (Fsp3) is 0.269. The van der Waals surface area contributed by atoms with Gasteiger partial charge in [-0.3, -0.25) is 9.78 Å². The van der Waals surface area contributed by atoms with Crippen LogP contribution < -0.4 is 25.4 Å². The highest BCUT2D eigenvalue weighted by Gasteiger charge is 2.16. The molecule has 1 aliphatic rings. The first-order chi connectivity index (χ1) is 17.5. The molecule has 186 valence electrons. The lowest BCUT2D eigenvalue weighted by Crippen LogP contribution is -2.18. The summed E-state index contributed by atoms with van der Waals surface area (Å²) < 4.78 is 13.9. The van der Waals surface area contributed by atoms with Crippen LogP contribution in [0.25, 0.3) is 11.0 Å². The smallest absolute Gasteiger partial charge is 0.269 e. The second-order valence-electron chi connectivity index (χ2n) is 8.64. The molecule has 0 aliphatic carbocycles. The molecular formula is C26H27ClN6O3.